The van der Waals surface area contributed by atoms with Crippen LogP contribution in [0.1, 0.15) is 58.3 Å². The first-order valence-electron chi connectivity index (χ1n) is 10.2. The van der Waals surface area contributed by atoms with Gasteiger partial charge in [-0.25, -0.2) is 0 Å². The third-order valence-electron chi connectivity index (χ3n) is 5.36. The van der Waals surface area contributed by atoms with E-state index >= 15 is 0 Å². The van der Waals surface area contributed by atoms with E-state index in [1.165, 1.54) is 14.0 Å². The van der Waals surface area contributed by atoms with Crippen LogP contribution in [0.25, 0.3) is 0 Å². The molecule has 0 aromatic heterocycles. The van der Waals surface area contributed by atoms with Crippen molar-refractivity contribution in [2.45, 2.75) is 76.8 Å². The van der Waals surface area contributed by atoms with Crippen molar-refractivity contribution < 1.29 is 33.3 Å². The van der Waals surface area contributed by atoms with Crippen LogP contribution in [0.2, 0.25) is 0 Å². The summed E-state index contributed by atoms with van der Waals surface area (Å²) in [7, 11) is 1.38. The molecule has 5 atom stereocenters. The van der Waals surface area contributed by atoms with Gasteiger partial charge < -0.3 is 23.7 Å². The summed E-state index contributed by atoms with van der Waals surface area (Å²) in [6.45, 7) is 2.06. The van der Waals surface area contributed by atoms with E-state index in [1.807, 2.05) is 12.2 Å². The minimum atomic E-state index is -0.351. The van der Waals surface area contributed by atoms with E-state index in [2.05, 4.69) is 4.74 Å². The lowest BCUT2D eigenvalue weighted by Crippen LogP contribution is -2.32. The lowest BCUT2D eigenvalue weighted by molar-refractivity contribution is -0.195. The standard InChI is InChI=1S/C21H32O7/c1-15(23)27-18-13-19(28-21-11-7-8-12-26-21)17(14-22)16(18)9-5-3-4-6-10-20(24)25-2/h3,5,14,16-19,21H,4,6-13H2,1-2H3/b5-3-/t16-,17-,18+,19-,21+/m1/s1. The molecule has 1 heterocycles. The van der Waals surface area contributed by atoms with Gasteiger partial charge in [0, 0.05) is 38.2 Å². The summed E-state index contributed by atoms with van der Waals surface area (Å²) in [6.07, 6.45) is 9.85. The summed E-state index contributed by atoms with van der Waals surface area (Å²) in [5.74, 6) is -1.03. The number of hydrogen-bond donors (Lipinski definition) is 0. The average Bonchev–Trinajstić information content (AvgIpc) is 3.00. The Labute approximate surface area is 166 Å². The summed E-state index contributed by atoms with van der Waals surface area (Å²) >= 11 is 0. The second-order valence-corrected chi connectivity index (χ2v) is 7.41. The number of esters is 2. The number of ether oxygens (including phenoxy) is 4. The molecule has 0 N–H and O–H groups in total. The van der Waals surface area contributed by atoms with Gasteiger partial charge in [-0.1, -0.05) is 12.2 Å². The molecule has 1 aliphatic carbocycles. The van der Waals surface area contributed by atoms with Crippen molar-refractivity contribution in [3.05, 3.63) is 12.2 Å². The van der Waals surface area contributed by atoms with Gasteiger partial charge in [0.25, 0.3) is 0 Å². The van der Waals surface area contributed by atoms with Gasteiger partial charge in [0.05, 0.1) is 13.2 Å². The Morgan fingerprint density at radius 1 is 1.18 bits per heavy atom. The Morgan fingerprint density at radius 3 is 2.64 bits per heavy atom. The van der Waals surface area contributed by atoms with Crippen LogP contribution in [0, 0.1) is 11.8 Å². The van der Waals surface area contributed by atoms with Gasteiger partial charge in [-0.2, -0.15) is 0 Å². The van der Waals surface area contributed by atoms with E-state index in [4.69, 9.17) is 14.2 Å². The number of carbonyl (C=O) groups is 3. The molecule has 7 heteroatoms. The predicted molar refractivity (Wildman–Crippen MR) is 101 cm³/mol. The zero-order chi connectivity index (χ0) is 20.4. The summed E-state index contributed by atoms with van der Waals surface area (Å²) in [5, 5.41) is 0. The predicted octanol–water partition coefficient (Wildman–Crippen LogP) is 2.95. The molecule has 0 spiro atoms. The molecule has 1 saturated heterocycles. The fraction of sp³-hybridized carbons (Fsp3) is 0.762. The van der Waals surface area contributed by atoms with Crippen molar-refractivity contribution in [3.8, 4) is 0 Å². The Morgan fingerprint density at radius 2 is 2.00 bits per heavy atom. The third kappa shape index (κ3) is 7.02. The van der Waals surface area contributed by atoms with Crippen LogP contribution in [0.5, 0.6) is 0 Å². The Balaban J connectivity index is 1.91. The van der Waals surface area contributed by atoms with Gasteiger partial charge in [0.2, 0.25) is 0 Å². The van der Waals surface area contributed by atoms with Gasteiger partial charge >= 0.3 is 11.9 Å². The van der Waals surface area contributed by atoms with Crippen LogP contribution in [-0.4, -0.2) is 50.4 Å². The first kappa shape index (κ1) is 22.6. The average molecular weight is 396 g/mol. The van der Waals surface area contributed by atoms with Crippen LogP contribution >= 0.6 is 0 Å². The molecular formula is C21H32O7. The zero-order valence-corrected chi connectivity index (χ0v) is 16.8. The largest absolute Gasteiger partial charge is 0.469 e. The van der Waals surface area contributed by atoms with Crippen LogP contribution in [-0.2, 0) is 33.3 Å². The molecule has 0 amide bonds. The monoisotopic (exact) mass is 396 g/mol. The third-order valence-corrected chi connectivity index (χ3v) is 5.36. The van der Waals surface area contributed by atoms with Gasteiger partial charge in [-0.05, 0) is 38.5 Å². The van der Waals surface area contributed by atoms with E-state index in [9.17, 15) is 14.4 Å². The molecule has 2 fully saturated rings. The van der Waals surface area contributed by atoms with Crippen LogP contribution in [0.4, 0.5) is 0 Å². The highest BCUT2D eigenvalue weighted by atomic mass is 16.7. The Kier molecular flexibility index (Phi) is 9.64. The Hall–Kier alpha value is -1.73. The van der Waals surface area contributed by atoms with Crippen LogP contribution in [0.15, 0.2) is 12.2 Å². The molecule has 0 unspecified atom stereocenters. The van der Waals surface area contributed by atoms with E-state index in [1.54, 1.807) is 0 Å². The maximum atomic E-state index is 11.8. The number of methoxy groups -OCH3 is 1. The molecule has 158 valence electrons. The summed E-state index contributed by atoms with van der Waals surface area (Å²) in [4.78, 5) is 34.4. The molecule has 28 heavy (non-hydrogen) atoms. The fourth-order valence-corrected chi connectivity index (χ4v) is 3.93. The molecule has 0 aromatic carbocycles. The van der Waals surface area contributed by atoms with Crippen LogP contribution in [0.3, 0.4) is 0 Å². The quantitative estimate of drug-likeness (QED) is 0.243. The van der Waals surface area contributed by atoms with Crippen molar-refractivity contribution in [3.63, 3.8) is 0 Å². The van der Waals surface area contributed by atoms with Crippen molar-refractivity contribution in [1.29, 1.82) is 0 Å². The highest BCUT2D eigenvalue weighted by Gasteiger charge is 2.46. The molecular weight excluding hydrogens is 364 g/mol. The number of carbonyl (C=O) groups excluding carboxylic acids is 3. The van der Waals surface area contributed by atoms with E-state index in [0.717, 1.165) is 32.0 Å². The minimum Gasteiger partial charge on any atom is -0.469 e. The maximum Gasteiger partial charge on any atom is 0.305 e. The summed E-state index contributed by atoms with van der Waals surface area (Å²) < 4.78 is 21.8. The number of hydrogen-bond acceptors (Lipinski definition) is 7. The molecule has 7 nitrogen and oxygen atoms in total. The number of unbranched alkanes of at least 4 members (excludes halogenated alkanes) is 1. The first-order valence-corrected chi connectivity index (χ1v) is 10.2. The minimum absolute atomic E-state index is 0.119. The van der Waals surface area contributed by atoms with Crippen LogP contribution < -0.4 is 0 Å². The maximum absolute atomic E-state index is 11.8. The second-order valence-electron chi connectivity index (χ2n) is 7.41. The Bertz CT molecular complexity index is 539. The molecule has 0 bridgehead atoms. The van der Waals surface area contributed by atoms with Crippen molar-refractivity contribution in [1.82, 2.24) is 0 Å². The first-order chi connectivity index (χ1) is 13.5. The van der Waals surface area contributed by atoms with Gasteiger partial charge in [0.15, 0.2) is 6.29 Å². The van der Waals surface area contributed by atoms with Gasteiger partial charge in [0.1, 0.15) is 12.4 Å². The molecule has 2 aliphatic rings. The smallest absolute Gasteiger partial charge is 0.305 e. The highest BCUT2D eigenvalue weighted by molar-refractivity contribution is 5.69. The fourth-order valence-electron chi connectivity index (χ4n) is 3.93. The number of rotatable bonds is 10. The van der Waals surface area contributed by atoms with Crippen molar-refractivity contribution >= 4 is 18.2 Å². The van der Waals surface area contributed by atoms with E-state index in [-0.39, 0.29) is 42.3 Å². The lowest BCUT2D eigenvalue weighted by atomic mass is 9.91. The molecule has 1 saturated carbocycles. The van der Waals surface area contributed by atoms with E-state index in [0.29, 0.717) is 32.3 Å². The summed E-state index contributed by atoms with van der Waals surface area (Å²) in [6, 6.07) is 0. The highest BCUT2D eigenvalue weighted by Crippen LogP contribution is 2.39. The number of aldehydes is 1. The molecule has 1 aliphatic heterocycles. The van der Waals surface area contributed by atoms with Crippen molar-refractivity contribution in [2.75, 3.05) is 13.7 Å². The van der Waals surface area contributed by atoms with E-state index < -0.39 is 0 Å². The molecule has 2 rings (SSSR count). The zero-order valence-electron chi connectivity index (χ0n) is 16.8. The second kappa shape index (κ2) is 12.0. The normalized spacial score (nSPS) is 30.3. The summed E-state index contributed by atoms with van der Waals surface area (Å²) in [5.41, 5.74) is 0. The lowest BCUT2D eigenvalue weighted by Gasteiger charge is -2.27. The van der Waals surface area contributed by atoms with Crippen molar-refractivity contribution in [2.24, 2.45) is 11.8 Å². The van der Waals surface area contributed by atoms with Gasteiger partial charge in [-0.3, -0.25) is 9.59 Å². The topological polar surface area (TPSA) is 88.1 Å². The number of allylic oxidation sites excluding steroid dienone is 2. The van der Waals surface area contributed by atoms with Gasteiger partial charge in [-0.15, -0.1) is 0 Å². The SMILES string of the molecule is COC(=O)CCC/C=C\C[C@@H]1[C@@H](C=O)[C@H](O[C@H]2CCCCO2)C[C@@H]1OC(C)=O. The molecule has 0 radical (unpaired) electrons. The molecule has 0 aromatic rings.